The van der Waals surface area contributed by atoms with Gasteiger partial charge in [0.05, 0.1) is 7.11 Å². The molecule has 0 unspecified atom stereocenters. The van der Waals surface area contributed by atoms with Gasteiger partial charge < -0.3 is 14.7 Å². The van der Waals surface area contributed by atoms with Gasteiger partial charge in [0.1, 0.15) is 0 Å². The van der Waals surface area contributed by atoms with E-state index >= 15 is 0 Å². The monoisotopic (exact) mass is 247 g/mol. The third kappa shape index (κ3) is 2.83. The third-order valence-corrected chi connectivity index (χ3v) is 3.04. The van der Waals surface area contributed by atoms with Crippen LogP contribution in [0, 0.1) is 0 Å². The number of rotatable bonds is 3. The molecule has 4 nitrogen and oxygen atoms in total. The average Bonchev–Trinajstić information content (AvgIpc) is 2.91. The topological polar surface area (TPSA) is 49.8 Å². The van der Waals surface area contributed by atoms with Crippen molar-refractivity contribution in [3.8, 4) is 11.5 Å². The number of hydrogen-bond acceptors (Lipinski definition) is 3. The lowest BCUT2D eigenvalue weighted by molar-refractivity contribution is -0.124. The van der Waals surface area contributed by atoms with Crippen LogP contribution in [0.15, 0.2) is 24.3 Å². The maximum absolute atomic E-state index is 11.8. The van der Waals surface area contributed by atoms with Crippen LogP contribution < -0.4 is 4.74 Å². The maximum Gasteiger partial charge on any atom is 0.246 e. The molecule has 1 aromatic carbocycles. The number of phenols is 1. The van der Waals surface area contributed by atoms with Crippen molar-refractivity contribution < 1.29 is 14.6 Å². The first-order valence-electron chi connectivity index (χ1n) is 6.04. The zero-order valence-electron chi connectivity index (χ0n) is 10.4. The number of aromatic hydroxyl groups is 1. The molecular weight excluding hydrogens is 230 g/mol. The molecule has 1 amide bonds. The largest absolute Gasteiger partial charge is 0.504 e. The summed E-state index contributed by atoms with van der Waals surface area (Å²) in [5, 5.41) is 9.46. The van der Waals surface area contributed by atoms with Crippen LogP contribution in [0.2, 0.25) is 0 Å². The fourth-order valence-corrected chi connectivity index (χ4v) is 2.01. The van der Waals surface area contributed by atoms with Gasteiger partial charge in [-0.1, -0.05) is 6.07 Å². The molecule has 0 saturated carbocycles. The number of nitrogens with zero attached hydrogens (tertiary/aromatic N) is 1. The minimum Gasteiger partial charge on any atom is -0.504 e. The van der Waals surface area contributed by atoms with Gasteiger partial charge in [-0.3, -0.25) is 4.79 Å². The Bertz CT molecular complexity index is 462. The molecule has 18 heavy (non-hydrogen) atoms. The van der Waals surface area contributed by atoms with Gasteiger partial charge in [-0.2, -0.15) is 0 Å². The summed E-state index contributed by atoms with van der Waals surface area (Å²) in [6, 6.07) is 4.99. The van der Waals surface area contributed by atoms with Gasteiger partial charge >= 0.3 is 0 Å². The molecular formula is C14H17NO3. The molecule has 1 heterocycles. The predicted molar refractivity (Wildman–Crippen MR) is 69.5 cm³/mol. The van der Waals surface area contributed by atoms with Crippen LogP contribution >= 0.6 is 0 Å². The first-order valence-corrected chi connectivity index (χ1v) is 6.04. The van der Waals surface area contributed by atoms with E-state index in [0.29, 0.717) is 5.75 Å². The number of carbonyl (C=O) groups excluding carboxylic acids is 1. The van der Waals surface area contributed by atoms with Crippen LogP contribution in [0.3, 0.4) is 0 Å². The predicted octanol–water partition coefficient (Wildman–Crippen LogP) is 2.04. The van der Waals surface area contributed by atoms with Crippen molar-refractivity contribution >= 4 is 12.0 Å². The highest BCUT2D eigenvalue weighted by Gasteiger charge is 2.14. The van der Waals surface area contributed by atoms with E-state index in [2.05, 4.69) is 0 Å². The first-order chi connectivity index (χ1) is 8.70. The lowest BCUT2D eigenvalue weighted by atomic mass is 10.2. The van der Waals surface area contributed by atoms with Gasteiger partial charge in [0.15, 0.2) is 11.5 Å². The number of phenolic OH excluding ortho intramolecular Hbond substituents is 1. The highest BCUT2D eigenvalue weighted by Crippen LogP contribution is 2.26. The Morgan fingerprint density at radius 1 is 1.39 bits per heavy atom. The summed E-state index contributed by atoms with van der Waals surface area (Å²) in [6.45, 7) is 1.70. The second-order valence-corrected chi connectivity index (χ2v) is 4.30. The molecule has 0 aromatic heterocycles. The molecule has 1 saturated heterocycles. The minimum absolute atomic E-state index is 0.0412. The van der Waals surface area contributed by atoms with Gasteiger partial charge in [0.2, 0.25) is 5.91 Å². The molecule has 0 bridgehead atoms. The van der Waals surface area contributed by atoms with E-state index in [9.17, 15) is 9.90 Å². The van der Waals surface area contributed by atoms with Crippen LogP contribution in [0.4, 0.5) is 0 Å². The molecule has 2 rings (SSSR count). The Morgan fingerprint density at radius 3 is 2.78 bits per heavy atom. The summed E-state index contributed by atoms with van der Waals surface area (Å²) >= 11 is 0. The Kier molecular flexibility index (Phi) is 3.87. The van der Waals surface area contributed by atoms with Crippen LogP contribution in [-0.4, -0.2) is 36.1 Å². The first kappa shape index (κ1) is 12.5. The van der Waals surface area contributed by atoms with E-state index < -0.39 is 0 Å². The summed E-state index contributed by atoms with van der Waals surface area (Å²) < 4.78 is 5.01. The number of ether oxygens (including phenoxy) is 1. The Morgan fingerprint density at radius 2 is 2.11 bits per heavy atom. The Balaban J connectivity index is 2.06. The third-order valence-electron chi connectivity index (χ3n) is 3.04. The number of carbonyl (C=O) groups is 1. The van der Waals surface area contributed by atoms with Crippen molar-refractivity contribution in [3.63, 3.8) is 0 Å². The van der Waals surface area contributed by atoms with E-state index in [4.69, 9.17) is 4.74 Å². The smallest absolute Gasteiger partial charge is 0.246 e. The van der Waals surface area contributed by atoms with E-state index in [1.165, 1.54) is 7.11 Å². The molecule has 0 atom stereocenters. The minimum atomic E-state index is 0.0412. The van der Waals surface area contributed by atoms with E-state index in [-0.39, 0.29) is 11.7 Å². The number of benzene rings is 1. The fourth-order valence-electron chi connectivity index (χ4n) is 2.01. The van der Waals surface area contributed by atoms with Crippen molar-refractivity contribution in [1.29, 1.82) is 0 Å². The molecule has 4 heteroatoms. The lowest BCUT2D eigenvalue weighted by Crippen LogP contribution is -2.25. The Hall–Kier alpha value is -1.97. The zero-order chi connectivity index (χ0) is 13.0. The standard InChI is InChI=1S/C14H17NO3/c1-18-13-10-11(4-6-12(13)16)5-7-14(17)15-8-2-3-9-15/h4-7,10,16H,2-3,8-9H2,1H3/b7-5+. The van der Waals surface area contributed by atoms with Crippen molar-refractivity contribution in [2.75, 3.05) is 20.2 Å². The molecule has 0 aliphatic carbocycles. The summed E-state index contributed by atoms with van der Waals surface area (Å²) in [5.41, 5.74) is 0.831. The average molecular weight is 247 g/mol. The van der Waals surface area contributed by atoms with Crippen LogP contribution in [-0.2, 0) is 4.79 Å². The molecule has 1 aliphatic heterocycles. The van der Waals surface area contributed by atoms with E-state index in [1.807, 2.05) is 4.90 Å². The summed E-state index contributed by atoms with van der Waals surface area (Å²) in [5.74, 6) is 0.547. The fraction of sp³-hybridized carbons (Fsp3) is 0.357. The molecule has 1 fully saturated rings. The maximum atomic E-state index is 11.8. The number of amides is 1. The zero-order valence-corrected chi connectivity index (χ0v) is 10.4. The van der Waals surface area contributed by atoms with Crippen LogP contribution in [0.25, 0.3) is 6.08 Å². The highest BCUT2D eigenvalue weighted by atomic mass is 16.5. The normalized spacial score (nSPS) is 15.3. The lowest BCUT2D eigenvalue weighted by Gasteiger charge is -2.11. The highest BCUT2D eigenvalue weighted by molar-refractivity contribution is 5.92. The number of methoxy groups -OCH3 is 1. The number of likely N-dealkylation sites (tertiary alicyclic amines) is 1. The molecule has 1 N–H and O–H groups in total. The van der Waals surface area contributed by atoms with Gasteiger partial charge in [-0.05, 0) is 36.6 Å². The summed E-state index contributed by atoms with van der Waals surface area (Å²) in [7, 11) is 1.50. The van der Waals surface area contributed by atoms with Crippen LogP contribution in [0.5, 0.6) is 11.5 Å². The van der Waals surface area contributed by atoms with E-state index in [0.717, 1.165) is 31.5 Å². The van der Waals surface area contributed by atoms with Crippen LogP contribution in [0.1, 0.15) is 18.4 Å². The van der Waals surface area contributed by atoms with Crippen molar-refractivity contribution in [2.24, 2.45) is 0 Å². The molecule has 0 radical (unpaired) electrons. The van der Waals surface area contributed by atoms with Crippen molar-refractivity contribution in [3.05, 3.63) is 29.8 Å². The van der Waals surface area contributed by atoms with E-state index in [1.54, 1.807) is 30.4 Å². The van der Waals surface area contributed by atoms with Gasteiger partial charge in [0, 0.05) is 19.2 Å². The van der Waals surface area contributed by atoms with Crippen molar-refractivity contribution in [1.82, 2.24) is 4.90 Å². The molecule has 1 aromatic rings. The van der Waals surface area contributed by atoms with Gasteiger partial charge in [0.25, 0.3) is 0 Å². The quantitative estimate of drug-likeness (QED) is 0.831. The second-order valence-electron chi connectivity index (χ2n) is 4.30. The Labute approximate surface area is 106 Å². The van der Waals surface area contributed by atoms with Gasteiger partial charge in [-0.15, -0.1) is 0 Å². The molecule has 1 aliphatic rings. The molecule has 0 spiro atoms. The van der Waals surface area contributed by atoms with Gasteiger partial charge in [-0.25, -0.2) is 0 Å². The number of hydrogen-bond donors (Lipinski definition) is 1. The molecule has 96 valence electrons. The van der Waals surface area contributed by atoms with Crippen molar-refractivity contribution in [2.45, 2.75) is 12.8 Å². The SMILES string of the molecule is COc1cc(/C=C/C(=O)N2CCCC2)ccc1O. The summed E-state index contributed by atoms with van der Waals surface area (Å²) in [6.07, 6.45) is 5.49. The summed E-state index contributed by atoms with van der Waals surface area (Å²) in [4.78, 5) is 13.6. The second kappa shape index (κ2) is 5.58.